The van der Waals surface area contributed by atoms with Crippen LogP contribution in [0.25, 0.3) is 0 Å². The lowest BCUT2D eigenvalue weighted by Crippen LogP contribution is -2.46. The highest BCUT2D eigenvalue weighted by Crippen LogP contribution is 2.56. The van der Waals surface area contributed by atoms with Crippen LogP contribution in [0.15, 0.2) is 0 Å². The first-order valence-electron chi connectivity index (χ1n) is 37.6. The summed E-state index contributed by atoms with van der Waals surface area (Å²) in [7, 11) is 0. The van der Waals surface area contributed by atoms with Crippen LogP contribution in [0.3, 0.4) is 0 Å². The summed E-state index contributed by atoms with van der Waals surface area (Å²) in [5.41, 5.74) is -3.88. The van der Waals surface area contributed by atoms with E-state index in [-0.39, 0.29) is 57.3 Å². The molecular weight excluding hydrogens is 1140 g/mol. The van der Waals surface area contributed by atoms with Gasteiger partial charge in [-0.15, -0.1) is 0 Å². The van der Waals surface area contributed by atoms with Crippen molar-refractivity contribution in [2.24, 2.45) is 64.1 Å². The molecule has 0 spiro atoms. The van der Waals surface area contributed by atoms with Gasteiger partial charge in [-0.25, -0.2) is 0 Å². The van der Waals surface area contributed by atoms with Gasteiger partial charge in [0.1, 0.15) is 0 Å². The van der Waals surface area contributed by atoms with E-state index in [9.17, 15) is 59.1 Å². The van der Waals surface area contributed by atoms with Gasteiger partial charge in [-0.05, 0) is 288 Å². The second-order valence-corrected chi connectivity index (χ2v) is 36.4. The Hall–Kier alpha value is -0.570. The zero-order chi connectivity index (χ0) is 68.5. The van der Waals surface area contributed by atoms with E-state index < -0.39 is 28.9 Å². The molecule has 0 aromatic carbocycles. The maximum absolute atomic E-state index is 12.2. The van der Waals surface area contributed by atoms with Crippen molar-refractivity contribution >= 4 is 0 Å². The monoisotopic (exact) mass is 1290 g/mol. The third kappa shape index (κ3) is 29.6. The molecule has 0 heterocycles. The Morgan fingerprint density at radius 3 is 1.10 bits per heavy atom. The van der Waals surface area contributed by atoms with Crippen molar-refractivity contribution in [1.82, 2.24) is 0 Å². The van der Waals surface area contributed by atoms with E-state index in [0.717, 1.165) is 107 Å². The highest BCUT2D eigenvalue weighted by atomic mass is 19.4. The molecule has 2 bridgehead atoms. The van der Waals surface area contributed by atoms with Gasteiger partial charge in [-0.2, -0.15) is 13.2 Å². The molecule has 0 saturated heterocycles. The fourth-order valence-corrected chi connectivity index (χ4v) is 17.8. The number of rotatable bonds is 2. The highest BCUT2D eigenvalue weighted by Gasteiger charge is 2.55. The normalized spacial score (nSPS) is 38.0. The molecule has 11 rings (SSSR count). The van der Waals surface area contributed by atoms with Gasteiger partial charge in [-0.3, -0.25) is 0 Å². The van der Waals surface area contributed by atoms with E-state index in [1.807, 2.05) is 55.4 Å². The summed E-state index contributed by atoms with van der Waals surface area (Å²) >= 11 is 0. The van der Waals surface area contributed by atoms with Gasteiger partial charge < -0.3 is 46.0 Å². The molecule has 0 aromatic heterocycles. The molecule has 0 radical (unpaired) electrons. The number of hydrogen-bond acceptors (Lipinski definition) is 9. The fraction of sp³-hybridized carbons (Fsp3) is 1.00. The van der Waals surface area contributed by atoms with E-state index in [4.69, 9.17) is 0 Å². The molecule has 9 N–H and O–H groups in total. The van der Waals surface area contributed by atoms with Crippen LogP contribution in [-0.2, 0) is 0 Å². The zero-order valence-electron chi connectivity index (χ0n) is 61.6. The fourth-order valence-electron chi connectivity index (χ4n) is 17.8. The maximum Gasteiger partial charge on any atom is 0.391 e. The highest BCUT2D eigenvalue weighted by molar-refractivity contribution is 5.06. The average molecular weight is 1290 g/mol. The number of aliphatic hydroxyl groups is 9. The van der Waals surface area contributed by atoms with E-state index in [2.05, 4.69) is 55.4 Å². The second-order valence-electron chi connectivity index (χ2n) is 36.4. The molecular formula is C78H149F3O9. The summed E-state index contributed by atoms with van der Waals surface area (Å²) in [6, 6.07) is 0. The lowest BCUT2D eigenvalue weighted by molar-refractivity contribution is -0.198. The number of alkyl halides is 3. The first kappa shape index (κ1) is 83.7. The molecule has 9 nitrogen and oxygen atoms in total. The minimum Gasteiger partial charge on any atom is -0.390 e. The largest absolute Gasteiger partial charge is 0.391 e. The summed E-state index contributed by atoms with van der Waals surface area (Å²) in [5.74, 6) is 4.46. The van der Waals surface area contributed by atoms with Gasteiger partial charge in [-0.1, -0.05) is 145 Å². The van der Waals surface area contributed by atoms with Crippen LogP contribution in [-0.4, -0.2) is 103 Å². The molecule has 11 aliphatic rings. The Morgan fingerprint density at radius 1 is 0.378 bits per heavy atom. The van der Waals surface area contributed by atoms with Gasteiger partial charge in [0.15, 0.2) is 0 Å². The topological polar surface area (TPSA) is 182 Å². The number of halogens is 3. The third-order valence-electron chi connectivity index (χ3n) is 25.1. The maximum atomic E-state index is 12.2. The van der Waals surface area contributed by atoms with Crippen LogP contribution in [0.2, 0.25) is 0 Å². The van der Waals surface area contributed by atoms with Crippen molar-refractivity contribution in [3.8, 4) is 0 Å². The lowest BCUT2D eigenvalue weighted by Gasteiger charge is -2.45. The molecule has 12 heteroatoms. The SMILES string of the molecule is CC(C)(O)C1CCCCC1.CC(C)C1CCCC(C)(O)C1.CC1(C)CCC(C)(C)C1(C)O.CC1(O)CC2CCC1C2.CC1(O)CCCC(C(F)(F)F)C1.CC1(O)CCCC2CCCCC21.CC1(O)CCCCC1.CC1(O)CCCCCC1.CC1CCC(C)(O)C1. The first-order chi connectivity index (χ1) is 41.0. The van der Waals surface area contributed by atoms with Gasteiger partial charge >= 0.3 is 6.18 Å². The van der Waals surface area contributed by atoms with Crippen LogP contribution in [0.1, 0.15) is 375 Å². The van der Waals surface area contributed by atoms with Crippen LogP contribution < -0.4 is 0 Å². The van der Waals surface area contributed by atoms with Crippen LogP contribution >= 0.6 is 0 Å². The van der Waals surface area contributed by atoms with E-state index >= 15 is 0 Å². The number of fused-ring (bicyclic) bond motifs is 3. The molecule has 11 saturated carbocycles. The summed E-state index contributed by atoms with van der Waals surface area (Å²) in [5, 5.41) is 87.2. The van der Waals surface area contributed by atoms with Crippen molar-refractivity contribution in [2.45, 2.75) is 431 Å². The molecule has 12 unspecified atom stereocenters. The van der Waals surface area contributed by atoms with Gasteiger partial charge in [0, 0.05) is 0 Å². The quantitative estimate of drug-likeness (QED) is 0.122. The minimum atomic E-state index is -4.13. The van der Waals surface area contributed by atoms with Crippen molar-refractivity contribution in [3.05, 3.63) is 0 Å². The number of hydrogen-bond donors (Lipinski definition) is 9. The molecule has 0 aliphatic heterocycles. The van der Waals surface area contributed by atoms with E-state index in [1.165, 1.54) is 161 Å². The Kier molecular flexibility index (Phi) is 32.8. The van der Waals surface area contributed by atoms with Crippen LogP contribution in [0.5, 0.6) is 0 Å². The predicted octanol–water partition coefficient (Wildman–Crippen LogP) is 19.6. The summed E-state index contributed by atoms with van der Waals surface area (Å²) in [6.07, 6.45) is 40.2. The summed E-state index contributed by atoms with van der Waals surface area (Å²) < 4.78 is 36.5. The van der Waals surface area contributed by atoms with Crippen molar-refractivity contribution in [2.75, 3.05) is 0 Å². The predicted molar refractivity (Wildman–Crippen MR) is 368 cm³/mol. The van der Waals surface area contributed by atoms with Crippen molar-refractivity contribution in [3.63, 3.8) is 0 Å². The first-order valence-corrected chi connectivity index (χ1v) is 37.6. The van der Waals surface area contributed by atoms with Gasteiger partial charge in [0.05, 0.1) is 56.3 Å². The standard InChI is InChI=1S/C11H20O.2C10H20O.C9H18O.C8H13F3O.C8H14O.C8H16O.2C7H14O/c1-11(12)8-4-6-9-5-2-3-7-10(9)11;1-8(2)6-7-9(3,4)10(8,5)11;1-8(2)9-5-4-6-10(3,11)7-9;1-9(2,10)8-6-4-3-5-7-8;1-7(12)4-2-3-6(5-7)8(9,10)11;1-8(9)5-6-2-3-7(8)4-6;1-8(9)6-4-2-3-5-7-8;1-6-3-4-7(2,8)5-6;1-7(8)5-3-2-4-6-7/h9-10,12H,2-8H2,1H3;11H,6-7H2,1-5H3;8-9,11H,4-7H2,1-3H3;8,10H,3-7H2,1-2H3;6,12H,2-5H2,1H3;6-7,9H,2-5H2,1H3;9H,2-7H2,1H3;6,8H,3-5H2,1-2H3;8H,2-6H2,1H3. The smallest absolute Gasteiger partial charge is 0.390 e. The van der Waals surface area contributed by atoms with Crippen molar-refractivity contribution in [1.29, 1.82) is 0 Å². The summed E-state index contributed by atoms with van der Waals surface area (Å²) in [6.45, 7) is 34.5. The molecule has 90 heavy (non-hydrogen) atoms. The third-order valence-corrected chi connectivity index (χ3v) is 25.1. The average Bonchev–Trinajstić information content (AvgIpc) is 1.62. The Morgan fingerprint density at radius 2 is 0.789 bits per heavy atom. The minimum absolute atomic E-state index is 0.0799. The molecule has 11 aliphatic carbocycles. The zero-order valence-corrected chi connectivity index (χ0v) is 61.6. The lowest BCUT2D eigenvalue weighted by atomic mass is 9.64. The Labute approximate surface area is 551 Å². The molecule has 536 valence electrons. The molecule has 0 amide bonds. The second kappa shape index (κ2) is 35.3. The molecule has 12 atom stereocenters. The Bertz CT molecular complexity index is 1920. The Balaban J connectivity index is 0.000000265. The van der Waals surface area contributed by atoms with E-state index in [0.29, 0.717) is 30.6 Å². The molecule has 11 fully saturated rings. The van der Waals surface area contributed by atoms with Crippen LogP contribution in [0.4, 0.5) is 13.2 Å². The van der Waals surface area contributed by atoms with E-state index in [1.54, 1.807) is 0 Å². The summed E-state index contributed by atoms with van der Waals surface area (Å²) in [4.78, 5) is 0. The van der Waals surface area contributed by atoms with Gasteiger partial charge in [0.25, 0.3) is 0 Å². The van der Waals surface area contributed by atoms with Gasteiger partial charge in [0.2, 0.25) is 0 Å². The van der Waals surface area contributed by atoms with Crippen molar-refractivity contribution < 1.29 is 59.1 Å². The molecule has 0 aromatic rings. The van der Waals surface area contributed by atoms with Crippen LogP contribution in [0, 0.1) is 64.1 Å².